The van der Waals surface area contributed by atoms with Gasteiger partial charge in [0.15, 0.2) is 0 Å². The van der Waals surface area contributed by atoms with Crippen LogP contribution in [0.25, 0.3) is 0 Å². The first-order chi connectivity index (χ1) is 6.34. The zero-order valence-corrected chi connectivity index (χ0v) is 7.12. The first-order valence-corrected chi connectivity index (χ1v) is 4.21. The van der Waals surface area contributed by atoms with Crippen LogP contribution in [0, 0.1) is 5.92 Å². The highest BCUT2D eigenvalue weighted by Crippen LogP contribution is 2.14. The van der Waals surface area contributed by atoms with Gasteiger partial charge in [-0.3, -0.25) is 9.89 Å². The van der Waals surface area contributed by atoms with E-state index in [2.05, 4.69) is 15.5 Å². The molecule has 0 spiro atoms. The van der Waals surface area contributed by atoms with E-state index in [4.69, 9.17) is 4.74 Å². The molecule has 0 saturated carbocycles. The number of nitrogens with one attached hydrogen (secondary N) is 2. The van der Waals surface area contributed by atoms with Gasteiger partial charge in [0.2, 0.25) is 5.91 Å². The van der Waals surface area contributed by atoms with E-state index in [1.165, 1.54) is 0 Å². The van der Waals surface area contributed by atoms with E-state index in [1.54, 1.807) is 12.3 Å². The largest absolute Gasteiger partial charge is 0.381 e. The Labute approximate surface area is 75.5 Å². The molecule has 1 fully saturated rings. The van der Waals surface area contributed by atoms with Crippen LogP contribution in [0.5, 0.6) is 0 Å². The monoisotopic (exact) mass is 181 g/mol. The average molecular weight is 181 g/mol. The van der Waals surface area contributed by atoms with Crippen molar-refractivity contribution in [3.63, 3.8) is 0 Å². The third kappa shape index (κ3) is 2.06. The lowest BCUT2D eigenvalue weighted by molar-refractivity contribution is -0.121. The van der Waals surface area contributed by atoms with E-state index in [0.717, 1.165) is 0 Å². The van der Waals surface area contributed by atoms with E-state index in [9.17, 15) is 4.79 Å². The van der Waals surface area contributed by atoms with Crippen LogP contribution in [0.15, 0.2) is 12.3 Å². The fraction of sp³-hybridized carbons (Fsp3) is 0.500. The number of anilines is 1. The number of nitrogens with zero attached hydrogens (tertiary/aromatic N) is 1. The van der Waals surface area contributed by atoms with Crippen molar-refractivity contribution in [3.8, 4) is 0 Å². The molecule has 0 aliphatic carbocycles. The molecule has 0 atom stereocenters. The van der Waals surface area contributed by atoms with Crippen LogP contribution >= 0.6 is 0 Å². The van der Waals surface area contributed by atoms with Crippen molar-refractivity contribution in [2.45, 2.75) is 6.42 Å². The Bertz CT molecular complexity index is 280. The smallest absolute Gasteiger partial charge is 0.225 e. The molecule has 0 unspecified atom stereocenters. The van der Waals surface area contributed by atoms with E-state index >= 15 is 0 Å². The molecule has 2 rings (SSSR count). The number of H-pyrrole nitrogens is 1. The molecule has 5 nitrogen and oxygen atoms in total. The summed E-state index contributed by atoms with van der Waals surface area (Å²) in [6.45, 7) is 1.41. The molecule has 2 N–H and O–H groups in total. The summed E-state index contributed by atoms with van der Waals surface area (Å²) in [5.41, 5.74) is 0. The standard InChI is InChI=1S/C8H11N3O2/c12-8(3-6-4-13-5-6)10-7-1-2-9-11-7/h1-2,6H,3-5H2,(H2,9,10,11,12). The highest BCUT2D eigenvalue weighted by atomic mass is 16.5. The van der Waals surface area contributed by atoms with Gasteiger partial charge in [0.25, 0.3) is 0 Å². The van der Waals surface area contributed by atoms with Gasteiger partial charge in [0.1, 0.15) is 5.82 Å². The van der Waals surface area contributed by atoms with Crippen molar-refractivity contribution in [1.29, 1.82) is 0 Å². The molecule has 1 amide bonds. The molecule has 0 aromatic carbocycles. The average Bonchev–Trinajstić information content (AvgIpc) is 2.49. The van der Waals surface area contributed by atoms with E-state index in [0.29, 0.717) is 31.4 Å². The Hall–Kier alpha value is -1.36. The molecule has 1 aromatic heterocycles. The van der Waals surface area contributed by atoms with Crippen LogP contribution in [0.3, 0.4) is 0 Å². The van der Waals surface area contributed by atoms with Crippen molar-refractivity contribution in [2.75, 3.05) is 18.5 Å². The Morgan fingerprint density at radius 1 is 1.77 bits per heavy atom. The summed E-state index contributed by atoms with van der Waals surface area (Å²) in [6, 6.07) is 1.72. The molecular weight excluding hydrogens is 170 g/mol. The highest BCUT2D eigenvalue weighted by Gasteiger charge is 2.21. The quantitative estimate of drug-likeness (QED) is 0.708. The second-order valence-corrected chi connectivity index (χ2v) is 3.13. The third-order valence-electron chi connectivity index (χ3n) is 1.96. The van der Waals surface area contributed by atoms with Crippen molar-refractivity contribution < 1.29 is 9.53 Å². The van der Waals surface area contributed by atoms with Gasteiger partial charge in [-0.15, -0.1) is 0 Å². The number of carbonyl (C=O) groups is 1. The summed E-state index contributed by atoms with van der Waals surface area (Å²) in [5.74, 6) is 1.05. The van der Waals surface area contributed by atoms with Crippen LogP contribution in [-0.4, -0.2) is 29.3 Å². The number of hydrogen-bond donors (Lipinski definition) is 2. The third-order valence-corrected chi connectivity index (χ3v) is 1.96. The van der Waals surface area contributed by atoms with Gasteiger partial charge in [-0.05, 0) is 0 Å². The maximum Gasteiger partial charge on any atom is 0.225 e. The lowest BCUT2D eigenvalue weighted by Crippen LogP contribution is -2.31. The van der Waals surface area contributed by atoms with Gasteiger partial charge in [0.05, 0.1) is 19.4 Å². The first-order valence-electron chi connectivity index (χ1n) is 4.21. The number of carbonyl (C=O) groups excluding carboxylic acids is 1. The molecule has 70 valence electrons. The number of rotatable bonds is 3. The predicted molar refractivity (Wildman–Crippen MR) is 46.1 cm³/mol. The normalized spacial score (nSPS) is 16.6. The van der Waals surface area contributed by atoms with E-state index in [1.807, 2.05) is 0 Å². The summed E-state index contributed by atoms with van der Waals surface area (Å²) in [4.78, 5) is 11.3. The summed E-state index contributed by atoms with van der Waals surface area (Å²) >= 11 is 0. The molecular formula is C8H11N3O2. The highest BCUT2D eigenvalue weighted by molar-refractivity contribution is 5.89. The summed E-state index contributed by atoms with van der Waals surface area (Å²) in [5, 5.41) is 9.10. The predicted octanol–water partition coefficient (Wildman–Crippen LogP) is 0.385. The van der Waals surface area contributed by atoms with Crippen molar-refractivity contribution in [1.82, 2.24) is 10.2 Å². The molecule has 2 heterocycles. The zero-order chi connectivity index (χ0) is 9.10. The summed E-state index contributed by atoms with van der Waals surface area (Å²) < 4.78 is 4.97. The second kappa shape index (κ2) is 3.57. The van der Waals surface area contributed by atoms with E-state index < -0.39 is 0 Å². The molecule has 1 aliphatic heterocycles. The Morgan fingerprint density at radius 2 is 2.62 bits per heavy atom. The maximum absolute atomic E-state index is 11.3. The number of hydrogen-bond acceptors (Lipinski definition) is 3. The zero-order valence-electron chi connectivity index (χ0n) is 7.12. The topological polar surface area (TPSA) is 67.0 Å². The molecule has 13 heavy (non-hydrogen) atoms. The lowest BCUT2D eigenvalue weighted by atomic mass is 10.0. The fourth-order valence-electron chi connectivity index (χ4n) is 1.19. The lowest BCUT2D eigenvalue weighted by Gasteiger charge is -2.24. The van der Waals surface area contributed by atoms with Gasteiger partial charge in [-0.2, -0.15) is 5.10 Å². The molecule has 0 bridgehead atoms. The van der Waals surface area contributed by atoms with Crippen LogP contribution in [0.2, 0.25) is 0 Å². The molecule has 1 saturated heterocycles. The molecule has 1 aliphatic rings. The van der Waals surface area contributed by atoms with E-state index in [-0.39, 0.29) is 5.91 Å². The number of amides is 1. The second-order valence-electron chi connectivity index (χ2n) is 3.13. The van der Waals surface area contributed by atoms with Crippen LogP contribution < -0.4 is 5.32 Å². The fourth-order valence-corrected chi connectivity index (χ4v) is 1.19. The maximum atomic E-state index is 11.3. The van der Waals surface area contributed by atoms with Gasteiger partial charge in [-0.1, -0.05) is 0 Å². The summed E-state index contributed by atoms with van der Waals surface area (Å²) in [6.07, 6.45) is 2.13. The van der Waals surface area contributed by atoms with Crippen LogP contribution in [0.4, 0.5) is 5.82 Å². The van der Waals surface area contributed by atoms with Gasteiger partial charge in [-0.25, -0.2) is 0 Å². The number of aromatic amines is 1. The van der Waals surface area contributed by atoms with Crippen LogP contribution in [0.1, 0.15) is 6.42 Å². The molecule has 0 radical (unpaired) electrons. The summed E-state index contributed by atoms with van der Waals surface area (Å²) in [7, 11) is 0. The minimum atomic E-state index is 0.0116. The minimum absolute atomic E-state index is 0.0116. The number of aromatic nitrogens is 2. The minimum Gasteiger partial charge on any atom is -0.381 e. The Morgan fingerprint density at radius 3 is 3.15 bits per heavy atom. The Kier molecular flexibility index (Phi) is 2.27. The number of ether oxygens (including phenoxy) is 1. The molecule has 1 aromatic rings. The van der Waals surface area contributed by atoms with Gasteiger partial charge in [0, 0.05) is 18.4 Å². The first kappa shape index (κ1) is 8.25. The Balaban J connectivity index is 1.78. The van der Waals surface area contributed by atoms with Crippen molar-refractivity contribution >= 4 is 11.7 Å². The van der Waals surface area contributed by atoms with Gasteiger partial charge < -0.3 is 10.1 Å². The van der Waals surface area contributed by atoms with Crippen molar-refractivity contribution in [2.24, 2.45) is 5.92 Å². The van der Waals surface area contributed by atoms with Crippen molar-refractivity contribution in [3.05, 3.63) is 12.3 Å². The van der Waals surface area contributed by atoms with Gasteiger partial charge >= 0.3 is 0 Å². The SMILES string of the molecule is O=C(CC1COC1)Nc1ccn[nH]1. The van der Waals surface area contributed by atoms with Crippen LogP contribution in [-0.2, 0) is 9.53 Å². The molecule has 5 heteroatoms.